The summed E-state index contributed by atoms with van der Waals surface area (Å²) in [4.78, 5) is 13.7. The third kappa shape index (κ3) is 3.24. The summed E-state index contributed by atoms with van der Waals surface area (Å²) < 4.78 is 5.48. The zero-order valence-electron chi connectivity index (χ0n) is 13.0. The molecule has 3 heteroatoms. The number of hydrogen-bond acceptors (Lipinski definition) is 2. The average molecular weight is 283 g/mol. The third-order valence-corrected chi connectivity index (χ3v) is 3.43. The number of hydrogen-bond donors (Lipinski definition) is 0. The Morgan fingerprint density at radius 2 is 1.71 bits per heavy atom. The van der Waals surface area contributed by atoms with Gasteiger partial charge in [0.05, 0.1) is 12.8 Å². The van der Waals surface area contributed by atoms with Gasteiger partial charge in [-0.15, -0.1) is 0 Å². The van der Waals surface area contributed by atoms with E-state index in [4.69, 9.17) is 4.74 Å². The topological polar surface area (TPSA) is 29.5 Å². The fourth-order valence-corrected chi connectivity index (χ4v) is 2.41. The normalized spacial score (nSPS) is 10.5. The van der Waals surface area contributed by atoms with E-state index in [1.807, 2.05) is 48.5 Å². The van der Waals surface area contributed by atoms with Gasteiger partial charge in [0.15, 0.2) is 0 Å². The van der Waals surface area contributed by atoms with Crippen LogP contribution in [0.2, 0.25) is 0 Å². The largest absolute Gasteiger partial charge is 0.496 e. The first-order chi connectivity index (χ1) is 10.0. The van der Waals surface area contributed by atoms with E-state index in [2.05, 4.69) is 13.8 Å². The standard InChI is InChI=1S/C18H21NO2/c1-13(2)17-11-10-16(12-18(17)21-4)19(14(3)20)15-8-6-5-7-9-15/h5-13H,1-4H3. The monoisotopic (exact) mass is 283 g/mol. The van der Waals surface area contributed by atoms with Gasteiger partial charge in [0.1, 0.15) is 5.75 Å². The smallest absolute Gasteiger partial charge is 0.228 e. The lowest BCUT2D eigenvalue weighted by Gasteiger charge is -2.23. The Morgan fingerprint density at radius 3 is 2.24 bits per heavy atom. The van der Waals surface area contributed by atoms with E-state index in [-0.39, 0.29) is 5.91 Å². The van der Waals surface area contributed by atoms with Gasteiger partial charge in [0, 0.05) is 18.7 Å². The molecule has 110 valence electrons. The SMILES string of the molecule is COc1cc(N(C(C)=O)c2ccccc2)ccc1C(C)C. The van der Waals surface area contributed by atoms with Gasteiger partial charge in [0.2, 0.25) is 5.91 Å². The molecule has 0 unspecified atom stereocenters. The molecule has 2 rings (SSSR count). The minimum Gasteiger partial charge on any atom is -0.496 e. The van der Waals surface area contributed by atoms with Crippen LogP contribution in [0.25, 0.3) is 0 Å². The molecule has 21 heavy (non-hydrogen) atoms. The number of benzene rings is 2. The summed E-state index contributed by atoms with van der Waals surface area (Å²) in [6, 6.07) is 15.5. The van der Waals surface area contributed by atoms with E-state index >= 15 is 0 Å². The molecular formula is C18H21NO2. The molecule has 0 aliphatic carbocycles. The maximum absolute atomic E-state index is 12.0. The highest BCUT2D eigenvalue weighted by atomic mass is 16.5. The zero-order valence-corrected chi connectivity index (χ0v) is 13.0. The lowest BCUT2D eigenvalue weighted by molar-refractivity contribution is -0.115. The van der Waals surface area contributed by atoms with Gasteiger partial charge in [-0.2, -0.15) is 0 Å². The molecule has 0 radical (unpaired) electrons. The molecule has 0 heterocycles. The van der Waals surface area contributed by atoms with Gasteiger partial charge in [-0.25, -0.2) is 0 Å². The van der Waals surface area contributed by atoms with E-state index in [9.17, 15) is 4.79 Å². The van der Waals surface area contributed by atoms with Gasteiger partial charge < -0.3 is 4.74 Å². The number of carbonyl (C=O) groups excluding carboxylic acids is 1. The summed E-state index contributed by atoms with van der Waals surface area (Å²) in [6.07, 6.45) is 0. The number of amides is 1. The predicted molar refractivity (Wildman–Crippen MR) is 86.3 cm³/mol. The number of nitrogens with zero attached hydrogens (tertiary/aromatic N) is 1. The van der Waals surface area contributed by atoms with Gasteiger partial charge in [-0.3, -0.25) is 9.69 Å². The summed E-state index contributed by atoms with van der Waals surface area (Å²) >= 11 is 0. The highest BCUT2D eigenvalue weighted by Crippen LogP contribution is 2.33. The van der Waals surface area contributed by atoms with E-state index in [0.717, 1.165) is 22.7 Å². The van der Waals surface area contributed by atoms with Crippen molar-refractivity contribution in [2.24, 2.45) is 0 Å². The quantitative estimate of drug-likeness (QED) is 0.826. The first-order valence-electron chi connectivity index (χ1n) is 7.08. The van der Waals surface area contributed by atoms with Crippen LogP contribution < -0.4 is 9.64 Å². The number of carbonyl (C=O) groups is 1. The van der Waals surface area contributed by atoms with Gasteiger partial charge in [-0.05, 0) is 29.7 Å². The number of para-hydroxylation sites is 1. The van der Waals surface area contributed by atoms with Crippen LogP contribution in [0.1, 0.15) is 32.3 Å². The van der Waals surface area contributed by atoms with Gasteiger partial charge >= 0.3 is 0 Å². The van der Waals surface area contributed by atoms with E-state index in [1.54, 1.807) is 18.9 Å². The van der Waals surface area contributed by atoms with Crippen molar-refractivity contribution in [3.05, 3.63) is 54.1 Å². The van der Waals surface area contributed by atoms with Crippen LogP contribution in [-0.4, -0.2) is 13.0 Å². The molecule has 1 amide bonds. The number of ether oxygens (including phenoxy) is 1. The van der Waals surface area contributed by atoms with Crippen molar-refractivity contribution < 1.29 is 9.53 Å². The van der Waals surface area contributed by atoms with Crippen LogP contribution in [0.4, 0.5) is 11.4 Å². The van der Waals surface area contributed by atoms with Crippen LogP contribution in [0.5, 0.6) is 5.75 Å². The Morgan fingerprint density at radius 1 is 1.05 bits per heavy atom. The van der Waals surface area contributed by atoms with Crippen molar-refractivity contribution in [2.75, 3.05) is 12.0 Å². The van der Waals surface area contributed by atoms with Crippen molar-refractivity contribution in [1.29, 1.82) is 0 Å². The van der Waals surface area contributed by atoms with Gasteiger partial charge in [0.25, 0.3) is 0 Å². The van der Waals surface area contributed by atoms with Crippen LogP contribution in [0.15, 0.2) is 48.5 Å². The Kier molecular flexibility index (Phi) is 4.63. The second kappa shape index (κ2) is 6.44. The molecule has 0 saturated heterocycles. The number of methoxy groups -OCH3 is 1. The second-order valence-corrected chi connectivity index (χ2v) is 5.27. The van der Waals surface area contributed by atoms with Crippen molar-refractivity contribution >= 4 is 17.3 Å². The van der Waals surface area contributed by atoms with Crippen LogP contribution >= 0.6 is 0 Å². The van der Waals surface area contributed by atoms with Crippen molar-refractivity contribution in [1.82, 2.24) is 0 Å². The van der Waals surface area contributed by atoms with Crippen LogP contribution in [0, 0.1) is 0 Å². The molecule has 0 spiro atoms. The summed E-state index contributed by atoms with van der Waals surface area (Å²) in [5.41, 5.74) is 2.80. The number of rotatable bonds is 4. The maximum atomic E-state index is 12.0. The minimum absolute atomic E-state index is 0.0273. The highest BCUT2D eigenvalue weighted by Gasteiger charge is 2.16. The molecule has 0 aliphatic rings. The fraction of sp³-hybridized carbons (Fsp3) is 0.278. The molecular weight excluding hydrogens is 262 g/mol. The van der Waals surface area contributed by atoms with Crippen molar-refractivity contribution in [2.45, 2.75) is 26.7 Å². The molecule has 2 aromatic carbocycles. The molecule has 0 aromatic heterocycles. The minimum atomic E-state index is -0.0273. The van der Waals surface area contributed by atoms with E-state index in [0.29, 0.717) is 5.92 Å². The molecule has 0 fully saturated rings. The lowest BCUT2D eigenvalue weighted by Crippen LogP contribution is -2.22. The molecule has 0 bridgehead atoms. The van der Waals surface area contributed by atoms with Gasteiger partial charge in [-0.1, -0.05) is 38.1 Å². The Balaban J connectivity index is 2.50. The first-order valence-corrected chi connectivity index (χ1v) is 7.08. The molecule has 2 aromatic rings. The van der Waals surface area contributed by atoms with E-state index < -0.39 is 0 Å². The molecule has 0 N–H and O–H groups in total. The van der Waals surface area contributed by atoms with Crippen LogP contribution in [0.3, 0.4) is 0 Å². The third-order valence-electron chi connectivity index (χ3n) is 3.43. The molecule has 3 nitrogen and oxygen atoms in total. The van der Waals surface area contributed by atoms with E-state index in [1.165, 1.54) is 0 Å². The van der Waals surface area contributed by atoms with Crippen LogP contribution in [-0.2, 0) is 4.79 Å². The number of anilines is 2. The Bertz CT molecular complexity index is 620. The Labute approximate surface area is 126 Å². The molecule has 0 aliphatic heterocycles. The first kappa shape index (κ1) is 15.1. The molecule has 0 saturated carbocycles. The maximum Gasteiger partial charge on any atom is 0.228 e. The summed E-state index contributed by atoms with van der Waals surface area (Å²) in [6.45, 7) is 5.81. The fourth-order valence-electron chi connectivity index (χ4n) is 2.41. The average Bonchev–Trinajstić information content (AvgIpc) is 2.47. The zero-order chi connectivity index (χ0) is 15.4. The Hall–Kier alpha value is -2.29. The predicted octanol–water partition coefficient (Wildman–Crippen LogP) is 4.50. The second-order valence-electron chi connectivity index (χ2n) is 5.27. The van der Waals surface area contributed by atoms with Crippen molar-refractivity contribution in [3.63, 3.8) is 0 Å². The molecule has 0 atom stereocenters. The summed E-state index contributed by atoms with van der Waals surface area (Å²) in [5, 5.41) is 0. The highest BCUT2D eigenvalue weighted by molar-refractivity contribution is 5.99. The summed E-state index contributed by atoms with van der Waals surface area (Å²) in [7, 11) is 1.66. The van der Waals surface area contributed by atoms with Crippen molar-refractivity contribution in [3.8, 4) is 5.75 Å². The summed E-state index contributed by atoms with van der Waals surface area (Å²) in [5.74, 6) is 1.15. The lowest BCUT2D eigenvalue weighted by atomic mass is 10.0.